The van der Waals surface area contributed by atoms with E-state index < -0.39 is 45.7 Å². The van der Waals surface area contributed by atoms with Crippen LogP contribution in [0.1, 0.15) is 44.9 Å². The van der Waals surface area contributed by atoms with Gasteiger partial charge in [-0.05, 0) is 33.8 Å². The van der Waals surface area contributed by atoms with E-state index in [4.69, 9.17) is 5.11 Å². The lowest BCUT2D eigenvalue weighted by Gasteiger charge is -2.23. The zero-order valence-electron chi connectivity index (χ0n) is 12.4. The van der Waals surface area contributed by atoms with Crippen molar-refractivity contribution in [2.45, 2.75) is 44.4 Å². The summed E-state index contributed by atoms with van der Waals surface area (Å²) in [6.07, 6.45) is 0. The number of benzene rings is 1. The molecule has 0 heterocycles. The van der Waals surface area contributed by atoms with Crippen molar-refractivity contribution < 1.29 is 22.5 Å². The van der Waals surface area contributed by atoms with E-state index in [-0.39, 0.29) is 5.56 Å². The van der Waals surface area contributed by atoms with Crippen LogP contribution in [-0.4, -0.2) is 20.7 Å². The summed E-state index contributed by atoms with van der Waals surface area (Å²) < 4.78 is 55.3. The summed E-state index contributed by atoms with van der Waals surface area (Å²) in [6, 6.07) is 2.86. The van der Waals surface area contributed by atoms with Gasteiger partial charge in [0.25, 0.3) is 5.92 Å². The van der Waals surface area contributed by atoms with E-state index in [1.54, 1.807) is 27.7 Å². The summed E-state index contributed by atoms with van der Waals surface area (Å²) >= 11 is 0. The maximum atomic E-state index is 14.2. The first-order chi connectivity index (χ1) is 9.50. The van der Waals surface area contributed by atoms with Crippen LogP contribution in [0, 0.1) is 5.82 Å². The van der Waals surface area contributed by atoms with Crippen LogP contribution in [0.5, 0.6) is 0 Å². The number of hydrogen-bond acceptors (Lipinski definition) is 2. The molecule has 0 aliphatic heterocycles. The fourth-order valence-corrected chi connectivity index (χ4v) is 2.45. The largest absolute Gasteiger partial charge is 0.390 e. The van der Waals surface area contributed by atoms with Crippen molar-refractivity contribution in [2.24, 2.45) is 0 Å². The van der Waals surface area contributed by atoms with E-state index in [2.05, 4.69) is 4.72 Å². The van der Waals surface area contributed by atoms with Gasteiger partial charge in [0.15, 0.2) is 0 Å². The van der Waals surface area contributed by atoms with Gasteiger partial charge in [-0.2, -0.15) is 8.78 Å². The lowest BCUT2D eigenvalue weighted by atomic mass is 10.0. The Labute approximate surface area is 125 Å². The first-order valence-electron chi connectivity index (χ1n) is 6.46. The van der Waals surface area contributed by atoms with Crippen molar-refractivity contribution in [1.82, 2.24) is 4.72 Å². The second kappa shape index (κ2) is 6.46. The normalized spacial score (nSPS) is 15.8. The Bertz CT molecular complexity index is 529. The predicted molar refractivity (Wildman–Crippen MR) is 76.8 cm³/mol. The molecule has 0 fully saturated rings. The van der Waals surface area contributed by atoms with Gasteiger partial charge in [-0.1, -0.05) is 12.1 Å². The molecule has 0 saturated heterocycles. The maximum Gasteiger partial charge on any atom is 0.298 e. The summed E-state index contributed by atoms with van der Waals surface area (Å²) in [5, 5.41) is 8.67. The fourth-order valence-electron chi connectivity index (χ4n) is 1.65. The Morgan fingerprint density at radius 2 is 1.90 bits per heavy atom. The first-order valence-corrected chi connectivity index (χ1v) is 7.61. The third-order valence-electron chi connectivity index (χ3n) is 2.93. The van der Waals surface area contributed by atoms with E-state index in [1.807, 2.05) is 0 Å². The van der Waals surface area contributed by atoms with Crippen LogP contribution in [0.25, 0.3) is 0 Å². The third kappa shape index (κ3) is 4.28. The molecule has 0 bridgehead atoms. The molecule has 120 valence electrons. The van der Waals surface area contributed by atoms with Crippen LogP contribution in [-0.2, 0) is 16.9 Å². The summed E-state index contributed by atoms with van der Waals surface area (Å²) in [5.74, 6) is -4.74. The minimum absolute atomic E-state index is 0.0155. The average Bonchev–Trinajstić information content (AvgIpc) is 2.37. The molecule has 2 atom stereocenters. The van der Waals surface area contributed by atoms with Crippen molar-refractivity contribution >= 4 is 11.0 Å². The highest BCUT2D eigenvalue weighted by Gasteiger charge is 2.35. The van der Waals surface area contributed by atoms with Gasteiger partial charge in [-0.15, -0.1) is 0 Å². The quantitative estimate of drug-likeness (QED) is 0.875. The molecule has 0 radical (unpaired) electrons. The van der Waals surface area contributed by atoms with Crippen LogP contribution in [0.15, 0.2) is 18.2 Å². The third-order valence-corrected chi connectivity index (χ3v) is 4.61. The van der Waals surface area contributed by atoms with Gasteiger partial charge in [0.05, 0.1) is 21.3 Å². The Balaban J connectivity index is 3.10. The van der Waals surface area contributed by atoms with E-state index in [1.165, 1.54) is 12.1 Å². The topological polar surface area (TPSA) is 49.3 Å². The number of aliphatic hydroxyl groups is 1. The Kier molecular flexibility index (Phi) is 5.57. The van der Waals surface area contributed by atoms with Crippen molar-refractivity contribution in [2.75, 3.05) is 6.61 Å². The molecule has 1 rings (SSSR count). The Hall–Kier alpha value is -0.920. The van der Waals surface area contributed by atoms with Crippen LogP contribution >= 0.6 is 0 Å². The second-order valence-corrected chi connectivity index (χ2v) is 7.79. The molecule has 1 aromatic rings. The SMILES string of the molecule is C[C@@H](NS(=O)C(C)(C)C)c1cccc(C(F)(F)CO)c1F. The maximum absolute atomic E-state index is 14.2. The molecule has 0 aliphatic carbocycles. The highest BCUT2D eigenvalue weighted by atomic mass is 32.2. The number of nitrogens with one attached hydrogen (secondary N) is 1. The van der Waals surface area contributed by atoms with Crippen molar-refractivity contribution in [3.8, 4) is 0 Å². The number of halogens is 3. The van der Waals surface area contributed by atoms with Gasteiger partial charge in [0, 0.05) is 11.6 Å². The average molecular weight is 323 g/mol. The minimum Gasteiger partial charge on any atom is -0.390 e. The van der Waals surface area contributed by atoms with Gasteiger partial charge in [-0.3, -0.25) is 0 Å². The van der Waals surface area contributed by atoms with E-state index in [9.17, 15) is 17.4 Å². The van der Waals surface area contributed by atoms with Crippen LogP contribution < -0.4 is 4.72 Å². The summed E-state index contributed by atoms with van der Waals surface area (Å²) in [4.78, 5) is 0. The fraction of sp³-hybridized carbons (Fsp3) is 0.571. The molecule has 0 spiro atoms. The molecule has 0 aromatic heterocycles. The van der Waals surface area contributed by atoms with Crippen molar-refractivity contribution in [3.63, 3.8) is 0 Å². The predicted octanol–water partition coefficient (Wildman–Crippen LogP) is 3.02. The monoisotopic (exact) mass is 323 g/mol. The standard InChI is InChI=1S/C14H20F3NO2S/c1-9(18-21(20)13(2,3)4)10-6-5-7-11(12(10)15)14(16,17)8-19/h5-7,9,18-19H,8H2,1-4H3/t9-,21?/m1/s1. The molecule has 3 nitrogen and oxygen atoms in total. The van der Waals surface area contributed by atoms with Crippen LogP contribution in [0.4, 0.5) is 13.2 Å². The van der Waals surface area contributed by atoms with Gasteiger partial charge in [0.1, 0.15) is 12.4 Å². The molecule has 0 aliphatic rings. The molecule has 2 N–H and O–H groups in total. The molecule has 21 heavy (non-hydrogen) atoms. The van der Waals surface area contributed by atoms with E-state index in [0.717, 1.165) is 6.07 Å². The lowest BCUT2D eigenvalue weighted by molar-refractivity contribution is -0.0584. The Morgan fingerprint density at radius 1 is 1.33 bits per heavy atom. The van der Waals surface area contributed by atoms with Crippen LogP contribution in [0.2, 0.25) is 0 Å². The second-order valence-electron chi connectivity index (χ2n) is 5.79. The molecule has 7 heteroatoms. The zero-order valence-corrected chi connectivity index (χ0v) is 13.2. The van der Waals surface area contributed by atoms with Gasteiger partial charge in [0.2, 0.25) is 0 Å². The highest BCUT2D eigenvalue weighted by molar-refractivity contribution is 7.84. The van der Waals surface area contributed by atoms with Crippen molar-refractivity contribution in [3.05, 3.63) is 35.1 Å². The first kappa shape index (κ1) is 18.1. The van der Waals surface area contributed by atoms with E-state index >= 15 is 0 Å². The van der Waals surface area contributed by atoms with E-state index in [0.29, 0.717) is 0 Å². The highest BCUT2D eigenvalue weighted by Crippen LogP contribution is 2.32. The zero-order chi connectivity index (χ0) is 16.4. The number of alkyl halides is 2. The molecule has 0 amide bonds. The molecule has 1 unspecified atom stereocenters. The number of hydrogen-bond donors (Lipinski definition) is 2. The Morgan fingerprint density at radius 3 is 2.38 bits per heavy atom. The molecule has 0 saturated carbocycles. The van der Waals surface area contributed by atoms with Crippen molar-refractivity contribution in [1.29, 1.82) is 0 Å². The number of rotatable bonds is 5. The summed E-state index contributed by atoms with van der Waals surface area (Å²) in [5.41, 5.74) is -0.879. The smallest absolute Gasteiger partial charge is 0.298 e. The molecular weight excluding hydrogens is 303 g/mol. The lowest BCUT2D eigenvalue weighted by Crippen LogP contribution is -2.35. The van der Waals surface area contributed by atoms with Gasteiger partial charge >= 0.3 is 0 Å². The van der Waals surface area contributed by atoms with Gasteiger partial charge in [-0.25, -0.2) is 13.3 Å². The molecule has 1 aromatic carbocycles. The van der Waals surface area contributed by atoms with Crippen LogP contribution in [0.3, 0.4) is 0 Å². The minimum atomic E-state index is -3.65. The summed E-state index contributed by atoms with van der Waals surface area (Å²) in [7, 11) is -1.46. The number of aliphatic hydroxyl groups excluding tert-OH is 1. The van der Waals surface area contributed by atoms with Gasteiger partial charge < -0.3 is 5.11 Å². The molecular formula is C14H20F3NO2S. The summed E-state index contributed by atoms with van der Waals surface area (Å²) in [6.45, 7) is 5.31.